The van der Waals surface area contributed by atoms with Crippen molar-refractivity contribution < 1.29 is 13.9 Å². The minimum atomic E-state index is -0.279. The van der Waals surface area contributed by atoms with Gasteiger partial charge in [-0.1, -0.05) is 0 Å². The van der Waals surface area contributed by atoms with E-state index in [1.165, 1.54) is 12.1 Å². The molecule has 1 amide bonds. The van der Waals surface area contributed by atoms with E-state index in [1.54, 1.807) is 18.3 Å². The maximum Gasteiger partial charge on any atom is 0.225 e. The first kappa shape index (κ1) is 18.2. The summed E-state index contributed by atoms with van der Waals surface area (Å²) in [4.78, 5) is 22.5. The molecule has 6 heteroatoms. The largest absolute Gasteiger partial charge is 0.375 e. The highest BCUT2D eigenvalue weighted by molar-refractivity contribution is 5.77. The van der Waals surface area contributed by atoms with Crippen molar-refractivity contribution in [2.45, 2.75) is 50.5 Å². The second kappa shape index (κ2) is 7.43. The number of carbonyl (C=O) groups excluding carboxylic acids is 1. The summed E-state index contributed by atoms with van der Waals surface area (Å²) in [7, 11) is 0. The zero-order valence-corrected chi connectivity index (χ0v) is 15.7. The van der Waals surface area contributed by atoms with Crippen LogP contribution in [0.1, 0.15) is 50.8 Å². The Hall–Kier alpha value is -2.21. The number of carbonyl (C=O) groups is 1. The molecule has 2 aliphatic rings. The van der Waals surface area contributed by atoms with Crippen LogP contribution in [-0.4, -0.2) is 46.1 Å². The summed E-state index contributed by atoms with van der Waals surface area (Å²) < 4.78 is 18.8. The van der Waals surface area contributed by atoms with E-state index in [9.17, 15) is 9.18 Å². The Labute approximate surface area is 158 Å². The third kappa shape index (κ3) is 4.05. The number of nitrogens with zero attached hydrogens (tertiary/aromatic N) is 2. The molecule has 2 aromatic rings. The van der Waals surface area contributed by atoms with Gasteiger partial charge in [0, 0.05) is 25.6 Å². The van der Waals surface area contributed by atoms with Crippen molar-refractivity contribution in [3.05, 3.63) is 42.1 Å². The number of piperidine rings is 1. The molecule has 1 N–H and O–H groups in total. The number of hydrogen-bond acceptors (Lipinski definition) is 3. The average molecular weight is 371 g/mol. The average Bonchev–Trinajstić information content (AvgIpc) is 3.32. The molecular weight excluding hydrogens is 345 g/mol. The van der Waals surface area contributed by atoms with Gasteiger partial charge in [-0.3, -0.25) is 4.79 Å². The summed E-state index contributed by atoms with van der Waals surface area (Å²) in [6.07, 6.45) is 6.10. The lowest BCUT2D eigenvalue weighted by Gasteiger charge is -2.33. The van der Waals surface area contributed by atoms with E-state index in [1.807, 2.05) is 11.8 Å². The first-order chi connectivity index (χ1) is 13.0. The van der Waals surface area contributed by atoms with E-state index >= 15 is 0 Å². The fraction of sp³-hybridized carbons (Fsp3) is 0.524. The molecule has 0 bridgehead atoms. The Morgan fingerprint density at radius 1 is 1.33 bits per heavy atom. The molecule has 27 heavy (non-hydrogen) atoms. The monoisotopic (exact) mass is 371 g/mol. The smallest absolute Gasteiger partial charge is 0.225 e. The van der Waals surface area contributed by atoms with Gasteiger partial charge in [-0.05, 0) is 62.4 Å². The van der Waals surface area contributed by atoms with Crippen LogP contribution < -0.4 is 0 Å². The molecule has 1 aromatic carbocycles. The van der Waals surface area contributed by atoms with Gasteiger partial charge in [0.15, 0.2) is 0 Å². The quantitative estimate of drug-likeness (QED) is 0.887. The van der Waals surface area contributed by atoms with Gasteiger partial charge < -0.3 is 14.6 Å². The third-order valence-electron chi connectivity index (χ3n) is 5.81. The molecule has 1 unspecified atom stereocenters. The highest BCUT2D eigenvalue weighted by atomic mass is 19.1. The van der Waals surface area contributed by atoms with Crippen LogP contribution >= 0.6 is 0 Å². The summed E-state index contributed by atoms with van der Waals surface area (Å²) in [5.74, 6) is 1.23. The SMILES string of the molecule is CC1(CC(=O)N2CCC(c3ncc(-c4ccc(F)cc4)[nH]3)CC2)CCCO1. The maximum absolute atomic E-state index is 13.1. The Balaban J connectivity index is 1.34. The number of aromatic amines is 1. The van der Waals surface area contributed by atoms with E-state index in [2.05, 4.69) is 9.97 Å². The van der Waals surface area contributed by atoms with E-state index in [0.717, 1.165) is 62.5 Å². The number of hydrogen-bond donors (Lipinski definition) is 1. The highest BCUT2D eigenvalue weighted by Gasteiger charge is 2.35. The molecule has 5 nitrogen and oxygen atoms in total. The normalized spacial score (nSPS) is 23.7. The van der Waals surface area contributed by atoms with Gasteiger partial charge in [0.1, 0.15) is 11.6 Å². The highest BCUT2D eigenvalue weighted by Crippen LogP contribution is 2.32. The molecule has 2 fully saturated rings. The Bertz CT molecular complexity index is 788. The van der Waals surface area contributed by atoms with E-state index < -0.39 is 0 Å². The molecule has 0 aliphatic carbocycles. The van der Waals surface area contributed by atoms with Gasteiger partial charge in [0.25, 0.3) is 0 Å². The predicted molar refractivity (Wildman–Crippen MR) is 101 cm³/mol. The summed E-state index contributed by atoms with van der Waals surface area (Å²) >= 11 is 0. The zero-order valence-electron chi connectivity index (χ0n) is 15.7. The number of aromatic nitrogens is 2. The van der Waals surface area contributed by atoms with E-state index in [-0.39, 0.29) is 17.3 Å². The second-order valence-corrected chi connectivity index (χ2v) is 7.92. The second-order valence-electron chi connectivity index (χ2n) is 7.92. The van der Waals surface area contributed by atoms with Crippen LogP contribution in [0.3, 0.4) is 0 Å². The van der Waals surface area contributed by atoms with Gasteiger partial charge in [0.2, 0.25) is 5.91 Å². The van der Waals surface area contributed by atoms with Crippen molar-refractivity contribution >= 4 is 5.91 Å². The minimum absolute atomic E-state index is 0.198. The van der Waals surface area contributed by atoms with Crippen LogP contribution in [0.5, 0.6) is 0 Å². The molecule has 144 valence electrons. The third-order valence-corrected chi connectivity index (χ3v) is 5.81. The molecule has 0 saturated carbocycles. The molecule has 2 aliphatic heterocycles. The zero-order chi connectivity index (χ0) is 18.9. The number of imidazole rings is 1. The Morgan fingerprint density at radius 3 is 2.74 bits per heavy atom. The van der Waals surface area contributed by atoms with Gasteiger partial charge in [-0.15, -0.1) is 0 Å². The van der Waals surface area contributed by atoms with Crippen molar-refractivity contribution in [1.29, 1.82) is 0 Å². The van der Waals surface area contributed by atoms with Crippen LogP contribution in [0, 0.1) is 5.82 Å². The fourth-order valence-corrected chi connectivity index (χ4v) is 4.13. The van der Waals surface area contributed by atoms with Crippen LogP contribution in [-0.2, 0) is 9.53 Å². The summed E-state index contributed by atoms with van der Waals surface area (Å²) in [5, 5.41) is 0. The van der Waals surface area contributed by atoms with Crippen molar-refractivity contribution in [3.8, 4) is 11.3 Å². The standard InChI is InChI=1S/C21H26FN3O2/c1-21(9-2-12-27-21)13-19(26)25-10-7-16(8-11-25)20-23-14-18(24-20)15-3-5-17(22)6-4-15/h3-6,14,16H,2,7-13H2,1H3,(H,23,24). The van der Waals surface area contributed by atoms with Crippen molar-refractivity contribution in [2.75, 3.05) is 19.7 Å². The molecule has 4 rings (SSSR count). The number of nitrogens with one attached hydrogen (secondary N) is 1. The first-order valence-electron chi connectivity index (χ1n) is 9.75. The van der Waals surface area contributed by atoms with Crippen LogP contribution in [0.4, 0.5) is 4.39 Å². The number of benzene rings is 1. The Morgan fingerprint density at radius 2 is 2.07 bits per heavy atom. The maximum atomic E-state index is 13.1. The Kier molecular flexibility index (Phi) is 5.00. The summed E-state index contributed by atoms with van der Waals surface area (Å²) in [6, 6.07) is 6.40. The van der Waals surface area contributed by atoms with Gasteiger partial charge >= 0.3 is 0 Å². The lowest BCUT2D eigenvalue weighted by molar-refractivity contribution is -0.137. The summed E-state index contributed by atoms with van der Waals surface area (Å²) in [5.41, 5.74) is 1.54. The molecular formula is C21H26FN3O2. The molecule has 0 spiro atoms. The van der Waals surface area contributed by atoms with Crippen LogP contribution in [0.25, 0.3) is 11.3 Å². The predicted octanol–water partition coefficient (Wildman–Crippen LogP) is 3.88. The van der Waals surface area contributed by atoms with Gasteiger partial charge in [0.05, 0.1) is 23.9 Å². The van der Waals surface area contributed by atoms with Crippen molar-refractivity contribution in [2.24, 2.45) is 0 Å². The van der Waals surface area contributed by atoms with Gasteiger partial charge in [-0.2, -0.15) is 0 Å². The van der Waals surface area contributed by atoms with E-state index in [4.69, 9.17) is 4.74 Å². The van der Waals surface area contributed by atoms with Crippen molar-refractivity contribution in [1.82, 2.24) is 14.9 Å². The molecule has 2 saturated heterocycles. The number of H-pyrrole nitrogens is 1. The topological polar surface area (TPSA) is 58.2 Å². The number of likely N-dealkylation sites (tertiary alicyclic amines) is 1. The molecule has 1 aromatic heterocycles. The summed E-state index contributed by atoms with van der Waals surface area (Å²) in [6.45, 7) is 4.32. The lowest BCUT2D eigenvalue weighted by atomic mass is 9.94. The number of ether oxygens (including phenoxy) is 1. The van der Waals surface area contributed by atoms with Crippen molar-refractivity contribution in [3.63, 3.8) is 0 Å². The van der Waals surface area contributed by atoms with Gasteiger partial charge in [-0.25, -0.2) is 9.37 Å². The lowest BCUT2D eigenvalue weighted by Crippen LogP contribution is -2.41. The minimum Gasteiger partial charge on any atom is -0.375 e. The molecule has 0 radical (unpaired) electrons. The molecule has 3 heterocycles. The number of amides is 1. The fourth-order valence-electron chi connectivity index (χ4n) is 4.13. The van der Waals surface area contributed by atoms with E-state index in [0.29, 0.717) is 12.3 Å². The first-order valence-corrected chi connectivity index (χ1v) is 9.75. The number of halogens is 1. The number of rotatable bonds is 4. The molecule has 1 atom stereocenters. The van der Waals surface area contributed by atoms with Crippen LogP contribution in [0.2, 0.25) is 0 Å². The van der Waals surface area contributed by atoms with Crippen LogP contribution in [0.15, 0.2) is 30.5 Å².